The summed E-state index contributed by atoms with van der Waals surface area (Å²) in [7, 11) is -3.68. The van der Waals surface area contributed by atoms with Crippen molar-refractivity contribution in [2.24, 2.45) is 0 Å². The maximum absolute atomic E-state index is 13.2. The molecule has 1 atom stereocenters. The van der Waals surface area contributed by atoms with Gasteiger partial charge in [0.05, 0.1) is 23.8 Å². The quantitative estimate of drug-likeness (QED) is 0.812. The zero-order valence-corrected chi connectivity index (χ0v) is 16.0. The number of carbonyl (C=O) groups is 1. The summed E-state index contributed by atoms with van der Waals surface area (Å²) < 4.78 is 33.2. The normalized spacial score (nSPS) is 19.8. The lowest BCUT2D eigenvalue weighted by Gasteiger charge is -2.27. The van der Waals surface area contributed by atoms with Crippen LogP contribution in [-0.2, 0) is 21.2 Å². The molecule has 6 nitrogen and oxygen atoms in total. The summed E-state index contributed by atoms with van der Waals surface area (Å²) in [5, 5.41) is 0. The molecule has 1 amide bonds. The highest BCUT2D eigenvalue weighted by Gasteiger charge is 2.35. The van der Waals surface area contributed by atoms with E-state index < -0.39 is 10.0 Å². The Morgan fingerprint density at radius 1 is 1.04 bits per heavy atom. The zero-order chi connectivity index (χ0) is 19.0. The zero-order valence-electron chi connectivity index (χ0n) is 15.2. The molecule has 2 aliphatic rings. The van der Waals surface area contributed by atoms with Crippen molar-refractivity contribution in [3.8, 4) is 0 Å². The molecule has 1 fully saturated rings. The second kappa shape index (κ2) is 6.98. The Labute approximate surface area is 159 Å². The molecule has 1 saturated heterocycles. The van der Waals surface area contributed by atoms with Crippen LogP contribution in [0.25, 0.3) is 0 Å². The topological polar surface area (TPSA) is 66.9 Å². The molecule has 0 aromatic heterocycles. The van der Waals surface area contributed by atoms with E-state index in [1.165, 1.54) is 16.4 Å². The van der Waals surface area contributed by atoms with E-state index in [9.17, 15) is 13.2 Å². The highest BCUT2D eigenvalue weighted by Crippen LogP contribution is 2.36. The van der Waals surface area contributed by atoms with Crippen molar-refractivity contribution in [1.82, 2.24) is 4.90 Å². The molecule has 1 unspecified atom stereocenters. The van der Waals surface area contributed by atoms with Gasteiger partial charge in [0.25, 0.3) is 15.9 Å². The van der Waals surface area contributed by atoms with Crippen LogP contribution in [0.1, 0.15) is 22.8 Å². The van der Waals surface area contributed by atoms with Gasteiger partial charge in [-0.2, -0.15) is 0 Å². The Morgan fingerprint density at radius 3 is 2.41 bits per heavy atom. The van der Waals surface area contributed by atoms with Crippen LogP contribution in [0.4, 0.5) is 5.69 Å². The number of ether oxygens (including phenoxy) is 1. The Morgan fingerprint density at radius 2 is 1.70 bits per heavy atom. The lowest BCUT2D eigenvalue weighted by molar-refractivity contribution is 0.0303. The first kappa shape index (κ1) is 18.0. The number of benzene rings is 2. The first-order valence-corrected chi connectivity index (χ1v) is 10.5. The molecule has 2 heterocycles. The summed E-state index contributed by atoms with van der Waals surface area (Å²) in [4.78, 5) is 14.5. The van der Waals surface area contributed by atoms with Crippen LogP contribution in [0.3, 0.4) is 0 Å². The molecule has 0 N–H and O–H groups in total. The number of hydrogen-bond acceptors (Lipinski definition) is 4. The molecule has 2 aliphatic heterocycles. The third-order valence-corrected chi connectivity index (χ3v) is 7.04. The van der Waals surface area contributed by atoms with Gasteiger partial charge < -0.3 is 9.64 Å². The van der Waals surface area contributed by atoms with Crippen molar-refractivity contribution in [2.45, 2.75) is 24.3 Å². The highest BCUT2D eigenvalue weighted by molar-refractivity contribution is 7.92. The molecule has 0 bridgehead atoms. The summed E-state index contributed by atoms with van der Waals surface area (Å²) in [6, 6.07) is 13.7. The number of nitrogens with zero attached hydrogens (tertiary/aromatic N) is 2. The number of sulfonamides is 1. The number of carbonyl (C=O) groups excluding carboxylic acids is 1. The number of fused-ring (bicyclic) bond motifs is 1. The fraction of sp³-hybridized carbons (Fsp3) is 0.350. The summed E-state index contributed by atoms with van der Waals surface area (Å²) in [5.41, 5.74) is 2.26. The summed E-state index contributed by atoms with van der Waals surface area (Å²) in [6.45, 7) is 4.09. The second-order valence-electron chi connectivity index (χ2n) is 6.91. The Kier molecular flexibility index (Phi) is 4.65. The fourth-order valence-corrected chi connectivity index (χ4v) is 5.43. The van der Waals surface area contributed by atoms with Gasteiger partial charge in [-0.15, -0.1) is 0 Å². The molecule has 27 heavy (non-hydrogen) atoms. The Balaban J connectivity index is 1.61. The maximum Gasteiger partial charge on any atom is 0.264 e. The van der Waals surface area contributed by atoms with Crippen LogP contribution in [0.5, 0.6) is 0 Å². The third kappa shape index (κ3) is 3.21. The van der Waals surface area contributed by atoms with Crippen LogP contribution < -0.4 is 4.31 Å². The average molecular weight is 386 g/mol. The number of hydrogen-bond donors (Lipinski definition) is 0. The fourth-order valence-electron chi connectivity index (χ4n) is 3.74. The summed E-state index contributed by atoms with van der Waals surface area (Å²) in [6.07, 6.45) is 0.697. The molecule has 0 saturated carbocycles. The van der Waals surface area contributed by atoms with Crippen LogP contribution in [0.15, 0.2) is 53.4 Å². The van der Waals surface area contributed by atoms with Gasteiger partial charge in [-0.25, -0.2) is 8.42 Å². The van der Waals surface area contributed by atoms with Crippen molar-refractivity contribution in [1.29, 1.82) is 0 Å². The molecule has 0 aliphatic carbocycles. The molecule has 7 heteroatoms. The van der Waals surface area contributed by atoms with Gasteiger partial charge in [0.1, 0.15) is 0 Å². The molecule has 0 spiro atoms. The van der Waals surface area contributed by atoms with Crippen molar-refractivity contribution in [2.75, 3.05) is 30.6 Å². The summed E-state index contributed by atoms with van der Waals surface area (Å²) >= 11 is 0. The van der Waals surface area contributed by atoms with E-state index in [4.69, 9.17) is 4.74 Å². The standard InChI is InChI=1S/C20H22N2O4S/c1-15-14-17-4-2-3-5-19(17)22(15)27(24,25)18-8-6-16(7-9-18)20(23)21-10-12-26-13-11-21/h2-9,15H,10-14H2,1H3. The number of amides is 1. The van der Waals surface area contributed by atoms with Gasteiger partial charge in [-0.1, -0.05) is 18.2 Å². The van der Waals surface area contributed by atoms with Gasteiger partial charge in [-0.05, 0) is 49.2 Å². The van der Waals surface area contributed by atoms with Gasteiger partial charge in [0, 0.05) is 24.7 Å². The molecule has 0 radical (unpaired) electrons. The van der Waals surface area contributed by atoms with E-state index in [-0.39, 0.29) is 16.8 Å². The number of rotatable bonds is 3. The van der Waals surface area contributed by atoms with Gasteiger partial charge in [-0.3, -0.25) is 9.10 Å². The number of anilines is 1. The SMILES string of the molecule is CC1Cc2ccccc2N1S(=O)(=O)c1ccc(C(=O)N2CCOCC2)cc1. The second-order valence-corrected chi connectivity index (χ2v) is 8.73. The lowest BCUT2D eigenvalue weighted by atomic mass is 10.1. The van der Waals surface area contributed by atoms with Crippen molar-refractivity contribution < 1.29 is 17.9 Å². The van der Waals surface area contributed by atoms with E-state index in [0.717, 1.165) is 11.3 Å². The van der Waals surface area contributed by atoms with Crippen molar-refractivity contribution >= 4 is 21.6 Å². The lowest BCUT2D eigenvalue weighted by Crippen LogP contribution is -2.40. The van der Waals surface area contributed by atoms with E-state index in [1.807, 2.05) is 31.2 Å². The van der Waals surface area contributed by atoms with E-state index in [1.54, 1.807) is 17.0 Å². The molecule has 142 valence electrons. The first-order chi connectivity index (χ1) is 13.0. The van der Waals surface area contributed by atoms with Gasteiger partial charge in [0.2, 0.25) is 0 Å². The predicted molar refractivity (Wildman–Crippen MR) is 102 cm³/mol. The minimum Gasteiger partial charge on any atom is -0.378 e. The third-order valence-electron chi connectivity index (χ3n) is 5.10. The van der Waals surface area contributed by atoms with Crippen LogP contribution in [0.2, 0.25) is 0 Å². The number of morpholine rings is 1. The molecule has 4 rings (SSSR count). The Bertz CT molecular complexity index is 950. The number of para-hydroxylation sites is 1. The van der Waals surface area contributed by atoms with Crippen molar-refractivity contribution in [3.05, 3.63) is 59.7 Å². The van der Waals surface area contributed by atoms with E-state index in [2.05, 4.69) is 0 Å². The van der Waals surface area contributed by atoms with E-state index in [0.29, 0.717) is 38.3 Å². The Hall–Kier alpha value is -2.38. The first-order valence-electron chi connectivity index (χ1n) is 9.08. The monoisotopic (exact) mass is 386 g/mol. The summed E-state index contributed by atoms with van der Waals surface area (Å²) in [5.74, 6) is -0.0952. The van der Waals surface area contributed by atoms with E-state index >= 15 is 0 Å². The smallest absolute Gasteiger partial charge is 0.264 e. The van der Waals surface area contributed by atoms with Gasteiger partial charge >= 0.3 is 0 Å². The largest absolute Gasteiger partial charge is 0.378 e. The molecule has 2 aromatic rings. The van der Waals surface area contributed by atoms with Crippen molar-refractivity contribution in [3.63, 3.8) is 0 Å². The van der Waals surface area contributed by atoms with Gasteiger partial charge in [0.15, 0.2) is 0 Å². The molecule has 2 aromatic carbocycles. The highest BCUT2D eigenvalue weighted by atomic mass is 32.2. The predicted octanol–water partition coefficient (Wildman–Crippen LogP) is 2.30. The minimum absolute atomic E-state index is 0.0952. The van der Waals surface area contributed by atoms with Crippen LogP contribution >= 0.6 is 0 Å². The minimum atomic E-state index is -3.68. The average Bonchev–Trinajstić information content (AvgIpc) is 3.04. The molecular weight excluding hydrogens is 364 g/mol. The molecular formula is C20H22N2O4S. The van der Waals surface area contributed by atoms with Crippen LogP contribution in [0, 0.1) is 0 Å². The maximum atomic E-state index is 13.2. The van der Waals surface area contributed by atoms with Crippen LogP contribution in [-0.4, -0.2) is 51.6 Å².